The normalized spacial score (nSPS) is 23.0. The second kappa shape index (κ2) is 11.3. The van der Waals surface area contributed by atoms with Crippen LogP contribution in [0.3, 0.4) is 0 Å². The molecular formula is C25H24O14. The van der Waals surface area contributed by atoms with Gasteiger partial charge in [-0.15, -0.1) is 0 Å². The number of aliphatic carboxylic acids is 1. The summed E-state index contributed by atoms with van der Waals surface area (Å²) in [5.74, 6) is -4.10. The van der Waals surface area contributed by atoms with Crippen LogP contribution in [0.5, 0.6) is 23.0 Å². The fourth-order valence-corrected chi connectivity index (χ4v) is 3.95. The summed E-state index contributed by atoms with van der Waals surface area (Å²) in [4.78, 5) is 35.6. The van der Waals surface area contributed by atoms with Crippen LogP contribution in [-0.2, 0) is 19.1 Å². The van der Waals surface area contributed by atoms with Crippen LogP contribution in [0.15, 0.2) is 45.6 Å². The van der Waals surface area contributed by atoms with Crippen molar-refractivity contribution >= 4 is 22.7 Å². The van der Waals surface area contributed by atoms with Crippen molar-refractivity contribution in [1.29, 1.82) is 0 Å². The number of ketones is 1. The van der Waals surface area contributed by atoms with Crippen LogP contribution in [-0.4, -0.2) is 91.4 Å². The Kier molecular flexibility index (Phi) is 8.03. The number of ether oxygens (including phenoxy) is 3. The minimum absolute atomic E-state index is 0.104. The Hall–Kier alpha value is -4.21. The highest BCUT2D eigenvalue weighted by Crippen LogP contribution is 2.37. The van der Waals surface area contributed by atoms with E-state index in [1.54, 1.807) is 0 Å². The molecule has 5 atom stereocenters. The maximum atomic E-state index is 13.4. The molecule has 4 rings (SSSR count). The first-order valence-electron chi connectivity index (χ1n) is 11.5. The third kappa shape index (κ3) is 5.94. The predicted molar refractivity (Wildman–Crippen MR) is 128 cm³/mol. The molecule has 1 aromatic heterocycles. The van der Waals surface area contributed by atoms with Crippen molar-refractivity contribution in [3.8, 4) is 34.3 Å². The van der Waals surface area contributed by atoms with Crippen LogP contribution >= 0.6 is 0 Å². The van der Waals surface area contributed by atoms with Crippen molar-refractivity contribution in [3.05, 3.63) is 46.6 Å². The van der Waals surface area contributed by atoms with Gasteiger partial charge < -0.3 is 54.4 Å². The van der Waals surface area contributed by atoms with Gasteiger partial charge in [0.2, 0.25) is 17.5 Å². The molecule has 7 N–H and O–H groups in total. The number of hydrogen-bond donors (Lipinski definition) is 7. The van der Waals surface area contributed by atoms with E-state index in [2.05, 4.69) is 0 Å². The summed E-state index contributed by atoms with van der Waals surface area (Å²) >= 11 is 0. The highest BCUT2D eigenvalue weighted by atomic mass is 16.7. The second-order valence-electron chi connectivity index (χ2n) is 8.73. The highest BCUT2D eigenvalue weighted by molar-refractivity contribution is 5.95. The van der Waals surface area contributed by atoms with Gasteiger partial charge in [0.25, 0.3) is 0 Å². The van der Waals surface area contributed by atoms with Gasteiger partial charge in [0.1, 0.15) is 65.7 Å². The number of phenols is 3. The van der Waals surface area contributed by atoms with E-state index in [4.69, 9.17) is 23.7 Å². The lowest BCUT2D eigenvalue weighted by Gasteiger charge is -2.40. The van der Waals surface area contributed by atoms with Gasteiger partial charge in [0.05, 0.1) is 6.61 Å². The summed E-state index contributed by atoms with van der Waals surface area (Å²) < 4.78 is 22.0. The zero-order valence-electron chi connectivity index (χ0n) is 20.0. The van der Waals surface area contributed by atoms with E-state index in [1.807, 2.05) is 0 Å². The summed E-state index contributed by atoms with van der Waals surface area (Å²) in [5, 5.41) is 69.2. The molecule has 0 unspecified atom stereocenters. The molecule has 39 heavy (non-hydrogen) atoms. The quantitative estimate of drug-likeness (QED) is 0.172. The summed E-state index contributed by atoms with van der Waals surface area (Å²) in [7, 11) is 0. The van der Waals surface area contributed by atoms with Crippen LogP contribution in [0.4, 0.5) is 0 Å². The molecule has 208 valence electrons. The maximum Gasteiger partial charge on any atom is 0.310 e. The molecule has 0 amide bonds. The lowest BCUT2D eigenvalue weighted by Crippen LogP contribution is -2.60. The van der Waals surface area contributed by atoms with Crippen molar-refractivity contribution in [2.24, 2.45) is 0 Å². The average molecular weight is 548 g/mol. The number of Topliss-reactive ketones (excluding diaryl/α,β-unsaturated/α-hetero) is 1. The fourth-order valence-electron chi connectivity index (χ4n) is 3.95. The summed E-state index contributed by atoms with van der Waals surface area (Å²) in [6, 6.07) is 7.29. The molecule has 14 heteroatoms. The Morgan fingerprint density at radius 3 is 2.28 bits per heavy atom. The van der Waals surface area contributed by atoms with Crippen molar-refractivity contribution in [2.45, 2.75) is 37.1 Å². The Morgan fingerprint density at radius 1 is 0.923 bits per heavy atom. The Balaban J connectivity index is 1.68. The van der Waals surface area contributed by atoms with E-state index in [9.17, 15) is 45.0 Å². The Labute approximate surface area is 218 Å². The first kappa shape index (κ1) is 27.8. The smallest absolute Gasteiger partial charge is 0.310 e. The lowest BCUT2D eigenvalue weighted by molar-refractivity contribution is -0.279. The molecule has 3 aromatic rings. The van der Waals surface area contributed by atoms with E-state index in [1.165, 1.54) is 24.3 Å². The SMILES string of the molecule is O=C(O)CC(=O)COC[C@H]1O[C@@H](Oc2c(-c3ccc(O)cc3)oc3cc(O)cc(O)c3c2=O)[C@H](O)[C@@H](O)[C@@H]1O. The number of carbonyl (C=O) groups excluding carboxylic acids is 1. The molecule has 0 bridgehead atoms. The molecule has 14 nitrogen and oxygen atoms in total. The van der Waals surface area contributed by atoms with Gasteiger partial charge in [-0.25, -0.2) is 0 Å². The fraction of sp³-hybridized carbons (Fsp3) is 0.320. The number of hydrogen-bond acceptors (Lipinski definition) is 13. The van der Waals surface area contributed by atoms with E-state index >= 15 is 0 Å². The van der Waals surface area contributed by atoms with Gasteiger partial charge >= 0.3 is 5.97 Å². The number of carboxylic acid groups (broad SMARTS) is 1. The number of rotatable bonds is 9. The number of aromatic hydroxyl groups is 3. The summed E-state index contributed by atoms with van der Waals surface area (Å²) in [6.45, 7) is -1.15. The van der Waals surface area contributed by atoms with Gasteiger partial charge in [-0.1, -0.05) is 0 Å². The molecule has 2 heterocycles. The molecule has 0 radical (unpaired) electrons. The van der Waals surface area contributed by atoms with E-state index in [0.717, 1.165) is 12.1 Å². The molecule has 0 saturated carbocycles. The standard InChI is InChI=1S/C25H24O14/c26-11-3-1-10(2-4-11)23-24(20(33)18-14(29)5-12(27)6-15(18)37-23)39-25-22(35)21(34)19(32)16(38-25)9-36-8-13(28)7-17(30)31/h1-6,16,19,21-22,25-27,29,32,34-35H,7-9H2,(H,30,31)/t16-,19-,21+,22-,25+/m1/s1. The van der Waals surface area contributed by atoms with Crippen molar-refractivity contribution in [2.75, 3.05) is 13.2 Å². The molecule has 1 aliphatic heterocycles. The van der Waals surface area contributed by atoms with Gasteiger partial charge in [-0.05, 0) is 24.3 Å². The molecule has 1 fully saturated rings. The van der Waals surface area contributed by atoms with Gasteiger partial charge in [-0.3, -0.25) is 14.4 Å². The zero-order chi connectivity index (χ0) is 28.4. The Bertz CT molecular complexity index is 1430. The van der Waals surface area contributed by atoms with Gasteiger partial charge in [0, 0.05) is 17.7 Å². The third-order valence-corrected chi connectivity index (χ3v) is 5.84. The first-order valence-corrected chi connectivity index (χ1v) is 11.5. The first-order chi connectivity index (χ1) is 18.5. The molecule has 2 aromatic carbocycles. The minimum atomic E-state index is -1.90. The average Bonchev–Trinajstić information content (AvgIpc) is 2.86. The third-order valence-electron chi connectivity index (χ3n) is 5.84. The number of aliphatic hydroxyl groups is 3. The van der Waals surface area contributed by atoms with Crippen LogP contribution in [0.25, 0.3) is 22.3 Å². The zero-order valence-corrected chi connectivity index (χ0v) is 20.0. The lowest BCUT2D eigenvalue weighted by atomic mass is 9.99. The summed E-state index contributed by atoms with van der Waals surface area (Å²) in [5.41, 5.74) is -0.960. The summed E-state index contributed by atoms with van der Waals surface area (Å²) in [6.07, 6.45) is -9.46. The van der Waals surface area contributed by atoms with E-state index < -0.39 is 84.8 Å². The Morgan fingerprint density at radius 2 is 1.62 bits per heavy atom. The maximum absolute atomic E-state index is 13.4. The van der Waals surface area contributed by atoms with E-state index in [-0.39, 0.29) is 28.0 Å². The second-order valence-corrected chi connectivity index (χ2v) is 8.73. The molecule has 1 aliphatic rings. The number of benzene rings is 2. The monoisotopic (exact) mass is 548 g/mol. The minimum Gasteiger partial charge on any atom is -0.508 e. The molecule has 1 saturated heterocycles. The topological polar surface area (TPSA) is 234 Å². The van der Waals surface area contributed by atoms with Crippen LogP contribution in [0.1, 0.15) is 6.42 Å². The number of aliphatic hydroxyl groups excluding tert-OH is 3. The number of phenolic OH excluding ortho intramolecular Hbond substituents is 3. The van der Waals surface area contributed by atoms with Gasteiger partial charge in [-0.2, -0.15) is 0 Å². The number of fused-ring (bicyclic) bond motifs is 1. The van der Waals surface area contributed by atoms with E-state index in [0.29, 0.717) is 0 Å². The van der Waals surface area contributed by atoms with Gasteiger partial charge in [0.15, 0.2) is 11.5 Å². The number of carbonyl (C=O) groups is 2. The molecule has 0 spiro atoms. The van der Waals surface area contributed by atoms with Crippen LogP contribution in [0.2, 0.25) is 0 Å². The van der Waals surface area contributed by atoms with Crippen molar-refractivity contribution < 1.29 is 64.0 Å². The van der Waals surface area contributed by atoms with Crippen LogP contribution in [0, 0.1) is 0 Å². The van der Waals surface area contributed by atoms with Crippen molar-refractivity contribution in [1.82, 2.24) is 0 Å². The molecular weight excluding hydrogens is 524 g/mol. The largest absolute Gasteiger partial charge is 0.508 e. The van der Waals surface area contributed by atoms with Crippen molar-refractivity contribution in [3.63, 3.8) is 0 Å². The highest BCUT2D eigenvalue weighted by Gasteiger charge is 2.45. The predicted octanol–water partition coefficient (Wildman–Crippen LogP) is -0.176. The molecule has 0 aliphatic carbocycles. The van der Waals surface area contributed by atoms with Crippen LogP contribution < -0.4 is 10.2 Å². The number of carboxylic acids is 1.